The molecule has 2 aromatic rings. The summed E-state index contributed by atoms with van der Waals surface area (Å²) < 4.78 is 0. The van der Waals surface area contributed by atoms with E-state index in [1.165, 1.54) is 11.3 Å². The zero-order valence-electron chi connectivity index (χ0n) is 16.7. The Hall–Kier alpha value is -2.93. The standard InChI is InChI=1S/C23H24N2O4S/c1-13-6-8-14(9-7-13)18-12-30-22(19(18)21(27)24-15-10-11-15)25-20(26)16-4-2-3-5-17(16)23(28)29/h2-3,6-9,12,15-17H,4-5,10-11H2,1H3,(H,24,27)(H,25,26)(H,28,29)/t16-,17+/m0/s1. The van der Waals surface area contributed by atoms with E-state index < -0.39 is 17.8 Å². The van der Waals surface area contributed by atoms with Gasteiger partial charge >= 0.3 is 5.97 Å². The summed E-state index contributed by atoms with van der Waals surface area (Å²) in [5.74, 6) is -2.95. The van der Waals surface area contributed by atoms with E-state index >= 15 is 0 Å². The number of carboxylic acid groups (broad SMARTS) is 1. The Morgan fingerprint density at radius 2 is 1.70 bits per heavy atom. The van der Waals surface area contributed by atoms with Crippen molar-refractivity contribution in [3.05, 3.63) is 52.9 Å². The molecule has 6 nitrogen and oxygen atoms in total. The van der Waals surface area contributed by atoms with E-state index in [2.05, 4.69) is 10.6 Å². The zero-order valence-corrected chi connectivity index (χ0v) is 17.5. The van der Waals surface area contributed by atoms with Crippen LogP contribution in [0.4, 0.5) is 5.00 Å². The Morgan fingerprint density at radius 3 is 2.33 bits per heavy atom. The van der Waals surface area contributed by atoms with E-state index in [0.29, 0.717) is 23.4 Å². The van der Waals surface area contributed by atoms with Crippen molar-refractivity contribution in [3.8, 4) is 11.1 Å². The minimum absolute atomic E-state index is 0.187. The van der Waals surface area contributed by atoms with Crippen LogP contribution in [0.25, 0.3) is 11.1 Å². The lowest BCUT2D eigenvalue weighted by atomic mass is 9.82. The second-order valence-electron chi connectivity index (χ2n) is 7.95. The highest BCUT2D eigenvalue weighted by atomic mass is 32.1. The first-order chi connectivity index (χ1) is 14.4. The molecule has 0 radical (unpaired) electrons. The molecular weight excluding hydrogens is 400 g/mol. The number of aliphatic carboxylic acids is 1. The van der Waals surface area contributed by atoms with Crippen molar-refractivity contribution in [1.82, 2.24) is 5.32 Å². The van der Waals surface area contributed by atoms with Gasteiger partial charge in [0, 0.05) is 17.0 Å². The first kappa shape index (κ1) is 20.3. The van der Waals surface area contributed by atoms with E-state index in [-0.39, 0.29) is 17.9 Å². The maximum absolute atomic E-state index is 13.0. The number of thiophene rings is 1. The van der Waals surface area contributed by atoms with Gasteiger partial charge in [0.2, 0.25) is 5.91 Å². The fourth-order valence-electron chi connectivity index (χ4n) is 3.69. The molecule has 2 aliphatic rings. The third kappa shape index (κ3) is 4.31. The van der Waals surface area contributed by atoms with E-state index in [4.69, 9.17) is 0 Å². The molecule has 1 saturated carbocycles. The monoisotopic (exact) mass is 424 g/mol. The van der Waals surface area contributed by atoms with Crippen molar-refractivity contribution in [2.24, 2.45) is 11.8 Å². The topological polar surface area (TPSA) is 95.5 Å². The second kappa shape index (κ2) is 8.44. The lowest BCUT2D eigenvalue weighted by Gasteiger charge is -2.24. The van der Waals surface area contributed by atoms with Crippen LogP contribution in [-0.2, 0) is 9.59 Å². The molecule has 0 bridgehead atoms. The summed E-state index contributed by atoms with van der Waals surface area (Å²) in [7, 11) is 0. The number of carbonyl (C=O) groups excluding carboxylic acids is 2. The number of amides is 2. The Kier molecular flexibility index (Phi) is 5.72. The Bertz CT molecular complexity index is 1000. The number of benzene rings is 1. The van der Waals surface area contributed by atoms with Gasteiger partial charge in [-0.05, 0) is 38.2 Å². The first-order valence-electron chi connectivity index (χ1n) is 10.1. The van der Waals surface area contributed by atoms with E-state index in [0.717, 1.165) is 29.5 Å². The highest BCUT2D eigenvalue weighted by molar-refractivity contribution is 7.15. The lowest BCUT2D eigenvalue weighted by Crippen LogP contribution is -2.35. The summed E-state index contributed by atoms with van der Waals surface area (Å²) in [6.45, 7) is 2.00. The second-order valence-corrected chi connectivity index (χ2v) is 8.83. The van der Waals surface area contributed by atoms with Crippen molar-refractivity contribution in [1.29, 1.82) is 0 Å². The van der Waals surface area contributed by atoms with Crippen molar-refractivity contribution < 1.29 is 19.5 Å². The molecule has 1 heterocycles. The molecule has 0 saturated heterocycles. The van der Waals surface area contributed by atoms with E-state index in [1.54, 1.807) is 6.08 Å². The molecular formula is C23H24N2O4S. The fourth-order valence-corrected chi connectivity index (χ4v) is 4.66. The van der Waals surface area contributed by atoms with Gasteiger partial charge in [0.25, 0.3) is 5.91 Å². The summed E-state index contributed by atoms with van der Waals surface area (Å²) >= 11 is 1.29. The molecule has 1 aromatic heterocycles. The molecule has 2 atom stereocenters. The van der Waals surface area contributed by atoms with E-state index in [9.17, 15) is 19.5 Å². The van der Waals surface area contributed by atoms with Gasteiger partial charge in [-0.3, -0.25) is 14.4 Å². The Balaban J connectivity index is 1.64. The number of allylic oxidation sites excluding steroid dienone is 2. The zero-order chi connectivity index (χ0) is 21.3. The van der Waals surface area contributed by atoms with Crippen molar-refractivity contribution in [2.75, 3.05) is 5.32 Å². The van der Waals surface area contributed by atoms with Gasteiger partial charge in [-0.15, -0.1) is 11.3 Å². The maximum Gasteiger partial charge on any atom is 0.307 e. The number of nitrogens with one attached hydrogen (secondary N) is 2. The third-order valence-corrected chi connectivity index (χ3v) is 6.51. The molecule has 7 heteroatoms. The van der Waals surface area contributed by atoms with Crippen LogP contribution in [0.5, 0.6) is 0 Å². The molecule has 2 aliphatic carbocycles. The Labute approximate surface area is 179 Å². The van der Waals surface area contributed by atoms with Crippen LogP contribution in [0, 0.1) is 18.8 Å². The average Bonchev–Trinajstić information content (AvgIpc) is 3.45. The first-order valence-corrected chi connectivity index (χ1v) is 11.0. The van der Waals surface area contributed by atoms with Crippen molar-refractivity contribution >= 4 is 34.1 Å². The Morgan fingerprint density at radius 1 is 1.03 bits per heavy atom. The smallest absolute Gasteiger partial charge is 0.307 e. The average molecular weight is 425 g/mol. The van der Waals surface area contributed by atoms with Crippen LogP contribution in [-0.4, -0.2) is 28.9 Å². The summed E-state index contributed by atoms with van der Waals surface area (Å²) in [4.78, 5) is 37.5. The van der Waals surface area contributed by atoms with Gasteiger partial charge < -0.3 is 15.7 Å². The molecule has 1 aromatic carbocycles. The molecule has 30 heavy (non-hydrogen) atoms. The number of carboxylic acids is 1. The minimum atomic E-state index is -0.974. The highest BCUT2D eigenvalue weighted by Crippen LogP contribution is 2.37. The molecule has 0 spiro atoms. The normalized spacial score (nSPS) is 20.6. The van der Waals surface area contributed by atoms with Crippen LogP contribution in [0.3, 0.4) is 0 Å². The van der Waals surface area contributed by atoms with Gasteiger partial charge in [-0.1, -0.05) is 42.0 Å². The van der Waals surface area contributed by atoms with Crippen LogP contribution in [0.2, 0.25) is 0 Å². The predicted octanol–water partition coefficient (Wildman–Crippen LogP) is 4.22. The van der Waals surface area contributed by atoms with Crippen LogP contribution in [0.15, 0.2) is 41.8 Å². The van der Waals surface area contributed by atoms with Gasteiger partial charge in [0.15, 0.2) is 0 Å². The highest BCUT2D eigenvalue weighted by Gasteiger charge is 2.35. The third-order valence-electron chi connectivity index (χ3n) is 5.62. The molecule has 0 aliphatic heterocycles. The minimum Gasteiger partial charge on any atom is -0.481 e. The van der Waals surface area contributed by atoms with Crippen LogP contribution >= 0.6 is 11.3 Å². The lowest BCUT2D eigenvalue weighted by molar-refractivity contribution is -0.146. The maximum atomic E-state index is 13.0. The molecule has 3 N–H and O–H groups in total. The molecule has 0 unspecified atom stereocenters. The van der Waals surface area contributed by atoms with Crippen molar-refractivity contribution in [2.45, 2.75) is 38.6 Å². The van der Waals surface area contributed by atoms with Gasteiger partial charge in [-0.25, -0.2) is 0 Å². The van der Waals surface area contributed by atoms with Crippen LogP contribution in [0.1, 0.15) is 41.6 Å². The summed E-state index contributed by atoms with van der Waals surface area (Å²) in [5, 5.41) is 17.7. The number of aryl methyl sites for hydroxylation is 1. The summed E-state index contributed by atoms with van der Waals surface area (Å²) in [6.07, 6.45) is 6.29. The van der Waals surface area contributed by atoms with Crippen LogP contribution < -0.4 is 10.6 Å². The van der Waals surface area contributed by atoms with E-state index in [1.807, 2.05) is 42.6 Å². The quantitative estimate of drug-likeness (QED) is 0.605. The molecule has 156 valence electrons. The number of hydrogen-bond acceptors (Lipinski definition) is 4. The molecule has 4 rings (SSSR count). The number of hydrogen-bond donors (Lipinski definition) is 3. The number of rotatable bonds is 6. The number of carbonyl (C=O) groups is 3. The largest absolute Gasteiger partial charge is 0.481 e. The van der Waals surface area contributed by atoms with Gasteiger partial charge in [0.05, 0.1) is 17.4 Å². The summed E-state index contributed by atoms with van der Waals surface area (Å²) in [6, 6.07) is 8.08. The van der Waals surface area contributed by atoms with Gasteiger partial charge in [0.1, 0.15) is 5.00 Å². The number of anilines is 1. The van der Waals surface area contributed by atoms with Crippen molar-refractivity contribution in [3.63, 3.8) is 0 Å². The van der Waals surface area contributed by atoms with Gasteiger partial charge in [-0.2, -0.15) is 0 Å². The predicted molar refractivity (Wildman–Crippen MR) is 117 cm³/mol. The molecule has 2 amide bonds. The SMILES string of the molecule is Cc1ccc(-c2csc(NC(=O)[C@H]3CC=CC[C@H]3C(=O)O)c2C(=O)NC2CC2)cc1. The fraction of sp³-hybridized carbons (Fsp3) is 0.348. The molecule has 1 fully saturated rings. The summed E-state index contributed by atoms with van der Waals surface area (Å²) in [5.41, 5.74) is 3.24.